The van der Waals surface area contributed by atoms with Crippen molar-refractivity contribution in [2.24, 2.45) is 0 Å². The molecule has 0 aliphatic heterocycles. The third kappa shape index (κ3) is 3.29. The van der Waals surface area contributed by atoms with Gasteiger partial charge in [-0.3, -0.25) is 9.78 Å². The number of methoxy groups -OCH3 is 1. The quantitative estimate of drug-likeness (QED) is 0.293. The highest BCUT2D eigenvalue weighted by Crippen LogP contribution is 2.42. The summed E-state index contributed by atoms with van der Waals surface area (Å²) in [6.45, 7) is 0. The molecule has 9 heteroatoms. The Morgan fingerprint density at radius 3 is 2.66 bits per heavy atom. The van der Waals surface area contributed by atoms with Gasteiger partial charge in [0, 0.05) is 46.0 Å². The van der Waals surface area contributed by atoms with E-state index in [0.717, 1.165) is 29.9 Å². The Morgan fingerprint density at radius 2 is 1.97 bits per heavy atom. The van der Waals surface area contributed by atoms with Crippen molar-refractivity contribution in [1.29, 1.82) is 0 Å². The minimum atomic E-state index is -4.94. The van der Waals surface area contributed by atoms with Gasteiger partial charge >= 0.3 is 10.2 Å². The molecule has 5 aromatic rings. The van der Waals surface area contributed by atoms with Crippen molar-refractivity contribution in [1.82, 2.24) is 14.5 Å². The number of benzene rings is 2. The van der Waals surface area contributed by atoms with Crippen molar-refractivity contribution in [2.45, 2.75) is 23.8 Å². The fourth-order valence-corrected chi connectivity index (χ4v) is 5.15. The zero-order chi connectivity index (χ0) is 24.5. The maximum absolute atomic E-state index is 13.7. The molecule has 0 bridgehead atoms. The molecule has 0 atom stereocenters. The molecular formula is C26H18FN3O4S. The molecule has 35 heavy (non-hydrogen) atoms. The fourth-order valence-electron chi connectivity index (χ4n) is 4.69. The molecule has 1 fully saturated rings. The van der Waals surface area contributed by atoms with Crippen LogP contribution in [0.25, 0.3) is 44.0 Å². The minimum Gasteiger partial charge on any atom is -0.496 e. The third-order valence-corrected chi connectivity index (χ3v) is 7.24. The summed E-state index contributed by atoms with van der Waals surface area (Å²) in [5.41, 5.74) is 3.54. The number of halogens is 1. The number of ether oxygens (including phenoxy) is 1. The summed E-state index contributed by atoms with van der Waals surface area (Å²) in [5.74, 6) is 2.97. The van der Waals surface area contributed by atoms with E-state index in [-0.39, 0.29) is 11.5 Å². The summed E-state index contributed by atoms with van der Waals surface area (Å²) in [5, 5.41) is 1.83. The van der Waals surface area contributed by atoms with Gasteiger partial charge in [0.1, 0.15) is 16.3 Å². The Balaban J connectivity index is 1.73. The van der Waals surface area contributed by atoms with Gasteiger partial charge < -0.3 is 14.3 Å². The lowest BCUT2D eigenvalue weighted by Crippen LogP contribution is -2.11. The lowest BCUT2D eigenvalue weighted by Gasteiger charge is -2.16. The van der Waals surface area contributed by atoms with E-state index in [1.807, 2.05) is 18.2 Å². The average molecular weight is 488 g/mol. The van der Waals surface area contributed by atoms with Gasteiger partial charge in [-0.1, -0.05) is 12.0 Å². The third-order valence-electron chi connectivity index (χ3n) is 6.45. The molecule has 6 rings (SSSR count). The smallest absolute Gasteiger partial charge is 0.333 e. The molecule has 1 saturated carbocycles. The normalized spacial score (nSPS) is 14.0. The minimum absolute atomic E-state index is 0.158. The maximum atomic E-state index is 13.7. The van der Waals surface area contributed by atoms with Crippen molar-refractivity contribution in [3.63, 3.8) is 0 Å². The number of hydrogen-bond donors (Lipinski definition) is 1. The molecule has 0 saturated heterocycles. The molecule has 1 aliphatic carbocycles. The number of aromatic nitrogens is 3. The van der Waals surface area contributed by atoms with Gasteiger partial charge in [0.2, 0.25) is 0 Å². The fraction of sp³-hybridized carbons (Fsp3) is 0.154. The Hall–Kier alpha value is -4.16. The van der Waals surface area contributed by atoms with Crippen LogP contribution in [0.3, 0.4) is 0 Å². The van der Waals surface area contributed by atoms with Gasteiger partial charge in [-0.05, 0) is 43.2 Å². The first-order valence-corrected chi connectivity index (χ1v) is 12.3. The van der Waals surface area contributed by atoms with E-state index in [4.69, 9.17) is 11.2 Å². The molecule has 0 unspecified atom stereocenters. The predicted molar refractivity (Wildman–Crippen MR) is 132 cm³/mol. The second kappa shape index (κ2) is 7.42. The van der Waals surface area contributed by atoms with Crippen molar-refractivity contribution < 1.29 is 17.0 Å². The van der Waals surface area contributed by atoms with Crippen LogP contribution in [0.15, 0.2) is 58.5 Å². The SMILES string of the molecule is C#Cc1ccc2c(c1)[nH]c1c2c(=O)c2cc(OC)c(-c3cncc(S(=O)(=O)F)c3)cc2n1C1CC1. The van der Waals surface area contributed by atoms with Crippen molar-refractivity contribution in [3.8, 4) is 29.2 Å². The van der Waals surface area contributed by atoms with Crippen molar-refractivity contribution >= 4 is 43.1 Å². The average Bonchev–Trinajstić information content (AvgIpc) is 3.62. The summed E-state index contributed by atoms with van der Waals surface area (Å²) in [4.78, 5) is 20.5. The summed E-state index contributed by atoms with van der Waals surface area (Å²) in [6, 6.07) is 10.3. The summed E-state index contributed by atoms with van der Waals surface area (Å²) in [6.07, 6.45) is 9.86. The van der Waals surface area contributed by atoms with E-state index < -0.39 is 15.1 Å². The van der Waals surface area contributed by atoms with Crippen LogP contribution >= 0.6 is 0 Å². The topological polar surface area (TPSA) is 94.1 Å². The molecule has 1 N–H and O–H groups in total. The molecule has 0 amide bonds. The molecule has 0 spiro atoms. The second-order valence-electron chi connectivity index (χ2n) is 8.60. The Kier molecular flexibility index (Phi) is 4.53. The lowest BCUT2D eigenvalue weighted by molar-refractivity contribution is 0.417. The van der Waals surface area contributed by atoms with Gasteiger partial charge in [-0.15, -0.1) is 10.3 Å². The Morgan fingerprint density at radius 1 is 1.17 bits per heavy atom. The number of pyridine rings is 2. The second-order valence-corrected chi connectivity index (χ2v) is 9.95. The Bertz CT molecular complexity index is 1910. The van der Waals surface area contributed by atoms with E-state index in [0.29, 0.717) is 44.4 Å². The maximum Gasteiger partial charge on any atom is 0.333 e. The molecule has 7 nitrogen and oxygen atoms in total. The number of nitrogens with zero attached hydrogens (tertiary/aromatic N) is 2. The lowest BCUT2D eigenvalue weighted by atomic mass is 10.0. The van der Waals surface area contributed by atoms with Gasteiger partial charge in [-0.2, -0.15) is 8.42 Å². The number of nitrogens with one attached hydrogen (secondary N) is 1. The summed E-state index contributed by atoms with van der Waals surface area (Å²) < 4.78 is 44.2. The number of hydrogen-bond acceptors (Lipinski definition) is 5. The predicted octanol–water partition coefficient (Wildman–Crippen LogP) is 4.68. The first kappa shape index (κ1) is 21.4. The van der Waals surface area contributed by atoms with Crippen molar-refractivity contribution in [3.05, 3.63) is 64.6 Å². The Labute approximate surface area is 199 Å². The van der Waals surface area contributed by atoms with Gasteiger partial charge in [0.25, 0.3) is 0 Å². The van der Waals surface area contributed by atoms with Gasteiger partial charge in [0.05, 0.1) is 23.4 Å². The van der Waals surface area contributed by atoms with E-state index in [1.54, 1.807) is 12.1 Å². The van der Waals surface area contributed by atoms with Gasteiger partial charge in [0.15, 0.2) is 5.43 Å². The highest BCUT2D eigenvalue weighted by atomic mass is 32.3. The molecule has 3 aromatic heterocycles. The monoisotopic (exact) mass is 487 g/mol. The van der Waals surface area contributed by atoms with E-state index >= 15 is 0 Å². The number of H-pyrrole nitrogens is 1. The van der Waals surface area contributed by atoms with E-state index in [1.165, 1.54) is 19.4 Å². The van der Waals surface area contributed by atoms with Crippen LogP contribution in [-0.2, 0) is 10.2 Å². The molecule has 3 heterocycles. The van der Waals surface area contributed by atoms with Crippen LogP contribution in [0, 0.1) is 12.3 Å². The van der Waals surface area contributed by atoms with E-state index in [2.05, 4.69) is 20.5 Å². The highest BCUT2D eigenvalue weighted by molar-refractivity contribution is 7.86. The van der Waals surface area contributed by atoms with Crippen molar-refractivity contribution in [2.75, 3.05) is 7.11 Å². The number of fused-ring (bicyclic) bond motifs is 4. The first-order chi connectivity index (χ1) is 16.8. The molecular weight excluding hydrogens is 469 g/mol. The van der Waals surface area contributed by atoms with Crippen LogP contribution in [0.2, 0.25) is 0 Å². The number of rotatable bonds is 4. The zero-order valence-electron chi connectivity index (χ0n) is 18.5. The zero-order valence-corrected chi connectivity index (χ0v) is 19.3. The molecule has 1 aliphatic rings. The van der Waals surface area contributed by atoms with E-state index in [9.17, 15) is 17.1 Å². The highest BCUT2D eigenvalue weighted by Gasteiger charge is 2.29. The van der Waals surface area contributed by atoms with Gasteiger partial charge in [-0.25, -0.2) is 0 Å². The van der Waals surface area contributed by atoms with Crippen LogP contribution in [0.5, 0.6) is 5.75 Å². The summed E-state index contributed by atoms with van der Waals surface area (Å²) in [7, 11) is -3.48. The molecule has 174 valence electrons. The van der Waals surface area contributed by atoms with Crippen LogP contribution < -0.4 is 10.2 Å². The van der Waals surface area contributed by atoms with Crippen LogP contribution in [0.4, 0.5) is 3.89 Å². The molecule has 2 aromatic carbocycles. The van der Waals surface area contributed by atoms with Crippen LogP contribution in [-0.4, -0.2) is 30.1 Å². The standard InChI is InChI=1S/C26H18FN3O4S/c1-3-14-4-7-18-21(8-14)29-26-24(18)25(31)20-11-23(34-2)19(10-22(20)30(26)16-5-6-16)15-9-17(13-28-12-15)35(27,32)33/h1,4,7-13,16,29H,5-6H2,2H3. The number of terminal acetylenes is 1. The van der Waals surface area contributed by atoms with Crippen LogP contribution in [0.1, 0.15) is 24.4 Å². The number of aromatic amines is 1. The largest absolute Gasteiger partial charge is 0.496 e. The molecule has 0 radical (unpaired) electrons. The first-order valence-electron chi connectivity index (χ1n) is 10.9. The summed E-state index contributed by atoms with van der Waals surface area (Å²) >= 11 is 0.